The molecular formula is C17H18N4S. The number of thioether (sulfide) groups is 1. The third kappa shape index (κ3) is 3.36. The third-order valence-electron chi connectivity index (χ3n) is 3.49. The molecule has 0 atom stereocenters. The average Bonchev–Trinajstić information content (AvgIpc) is 2.97. The maximum absolute atomic E-state index is 4.15. The number of rotatable bonds is 5. The number of hydrogen-bond acceptors (Lipinski definition) is 4. The zero-order valence-corrected chi connectivity index (χ0v) is 13.5. The van der Waals surface area contributed by atoms with Crippen molar-refractivity contribution in [2.75, 3.05) is 5.75 Å². The summed E-state index contributed by atoms with van der Waals surface area (Å²) >= 11 is 1.68. The molecule has 0 aliphatic carbocycles. The molecule has 22 heavy (non-hydrogen) atoms. The summed E-state index contributed by atoms with van der Waals surface area (Å²) in [6, 6.07) is 16.8. The quantitative estimate of drug-likeness (QED) is 0.675. The van der Waals surface area contributed by atoms with Crippen LogP contribution in [0.5, 0.6) is 0 Å². The van der Waals surface area contributed by atoms with Crippen LogP contribution in [0.25, 0.3) is 5.69 Å². The van der Waals surface area contributed by atoms with Crippen LogP contribution in [0, 0.1) is 13.8 Å². The molecule has 5 heteroatoms. The molecule has 3 aromatic rings. The van der Waals surface area contributed by atoms with Crippen molar-refractivity contribution >= 4 is 11.8 Å². The van der Waals surface area contributed by atoms with Crippen molar-refractivity contribution in [1.29, 1.82) is 0 Å². The topological polar surface area (TPSA) is 43.6 Å². The minimum Gasteiger partial charge on any atom is -0.187 e. The van der Waals surface area contributed by atoms with E-state index in [4.69, 9.17) is 0 Å². The van der Waals surface area contributed by atoms with Gasteiger partial charge in [-0.25, -0.2) is 0 Å². The molecule has 0 amide bonds. The molecule has 0 unspecified atom stereocenters. The van der Waals surface area contributed by atoms with Crippen molar-refractivity contribution in [3.63, 3.8) is 0 Å². The van der Waals surface area contributed by atoms with E-state index in [0.717, 1.165) is 23.0 Å². The van der Waals surface area contributed by atoms with Gasteiger partial charge >= 0.3 is 0 Å². The first-order valence-electron chi connectivity index (χ1n) is 7.27. The van der Waals surface area contributed by atoms with Crippen molar-refractivity contribution in [1.82, 2.24) is 20.2 Å². The lowest BCUT2D eigenvalue weighted by Gasteiger charge is -2.08. The van der Waals surface area contributed by atoms with Gasteiger partial charge in [-0.05, 0) is 47.9 Å². The molecule has 0 spiro atoms. The first kappa shape index (κ1) is 14.8. The molecule has 2 aromatic carbocycles. The average molecular weight is 310 g/mol. The summed E-state index contributed by atoms with van der Waals surface area (Å²) in [4.78, 5) is 0. The highest BCUT2D eigenvalue weighted by atomic mass is 32.2. The van der Waals surface area contributed by atoms with Gasteiger partial charge in [0.15, 0.2) is 0 Å². The van der Waals surface area contributed by atoms with Gasteiger partial charge in [-0.15, -0.1) is 5.10 Å². The van der Waals surface area contributed by atoms with Gasteiger partial charge in [0.1, 0.15) is 0 Å². The van der Waals surface area contributed by atoms with Gasteiger partial charge in [0.05, 0.1) is 5.69 Å². The van der Waals surface area contributed by atoms with Gasteiger partial charge in [0, 0.05) is 5.75 Å². The lowest BCUT2D eigenvalue weighted by molar-refractivity contribution is 0.751. The predicted molar refractivity (Wildman–Crippen MR) is 89.5 cm³/mol. The fourth-order valence-electron chi connectivity index (χ4n) is 2.37. The number of aryl methyl sites for hydroxylation is 3. The van der Waals surface area contributed by atoms with E-state index < -0.39 is 0 Å². The fourth-order valence-corrected chi connectivity index (χ4v) is 3.24. The van der Waals surface area contributed by atoms with Crippen LogP contribution in [0.15, 0.2) is 53.7 Å². The molecule has 0 N–H and O–H groups in total. The van der Waals surface area contributed by atoms with Gasteiger partial charge in [0.2, 0.25) is 5.16 Å². The fraction of sp³-hybridized carbons (Fsp3) is 0.235. The van der Waals surface area contributed by atoms with E-state index in [-0.39, 0.29) is 0 Å². The minimum absolute atomic E-state index is 0.836. The second kappa shape index (κ2) is 6.75. The molecule has 4 nitrogen and oxygen atoms in total. The lowest BCUT2D eigenvalue weighted by atomic mass is 10.1. The summed E-state index contributed by atoms with van der Waals surface area (Å²) in [5.74, 6) is 0.954. The molecule has 0 radical (unpaired) electrons. The van der Waals surface area contributed by atoms with Crippen LogP contribution in [-0.4, -0.2) is 26.0 Å². The van der Waals surface area contributed by atoms with Gasteiger partial charge in [-0.3, -0.25) is 0 Å². The van der Waals surface area contributed by atoms with E-state index in [9.17, 15) is 0 Å². The number of aromatic nitrogens is 4. The highest BCUT2D eigenvalue weighted by Crippen LogP contribution is 2.22. The third-order valence-corrected chi connectivity index (χ3v) is 4.41. The molecule has 0 bridgehead atoms. The Morgan fingerprint density at radius 3 is 2.64 bits per heavy atom. The van der Waals surface area contributed by atoms with Crippen LogP contribution >= 0.6 is 11.8 Å². The Bertz CT molecular complexity index is 752. The lowest BCUT2D eigenvalue weighted by Crippen LogP contribution is -2.02. The van der Waals surface area contributed by atoms with Crippen LogP contribution in [0.1, 0.15) is 16.7 Å². The molecule has 0 saturated heterocycles. The molecule has 3 rings (SSSR count). The molecule has 0 aliphatic heterocycles. The zero-order chi connectivity index (χ0) is 15.4. The van der Waals surface area contributed by atoms with Crippen LogP contribution in [0.2, 0.25) is 0 Å². The van der Waals surface area contributed by atoms with Crippen LogP contribution in [0.3, 0.4) is 0 Å². The van der Waals surface area contributed by atoms with Crippen molar-refractivity contribution in [3.8, 4) is 5.69 Å². The number of tetrazole rings is 1. The Kier molecular flexibility index (Phi) is 4.53. The van der Waals surface area contributed by atoms with Crippen molar-refractivity contribution in [2.24, 2.45) is 0 Å². The van der Waals surface area contributed by atoms with Crippen LogP contribution in [0.4, 0.5) is 0 Å². The first-order chi connectivity index (χ1) is 10.7. The van der Waals surface area contributed by atoms with Gasteiger partial charge in [-0.1, -0.05) is 59.8 Å². The highest BCUT2D eigenvalue weighted by molar-refractivity contribution is 7.99. The minimum atomic E-state index is 0.836. The highest BCUT2D eigenvalue weighted by Gasteiger charge is 2.11. The molecule has 0 aliphatic rings. The van der Waals surface area contributed by atoms with E-state index in [2.05, 4.69) is 71.8 Å². The summed E-state index contributed by atoms with van der Waals surface area (Å²) in [5.41, 5.74) is 4.79. The summed E-state index contributed by atoms with van der Waals surface area (Å²) in [6.07, 6.45) is 1.01. The number of benzene rings is 2. The van der Waals surface area contributed by atoms with Gasteiger partial charge in [-0.2, -0.15) is 4.68 Å². The standard InChI is InChI=1S/C17H18N4S/c1-13-8-9-16(14(2)12-13)21-17(18-19-20-21)22-11-10-15-6-4-3-5-7-15/h3-9,12H,10-11H2,1-2H3. The molecule has 1 heterocycles. The molecule has 0 saturated carbocycles. The summed E-state index contributed by atoms with van der Waals surface area (Å²) in [6.45, 7) is 4.17. The summed E-state index contributed by atoms with van der Waals surface area (Å²) in [7, 11) is 0. The molecule has 1 aromatic heterocycles. The van der Waals surface area contributed by atoms with Crippen molar-refractivity contribution in [3.05, 3.63) is 65.2 Å². The number of nitrogens with zero attached hydrogens (tertiary/aromatic N) is 4. The van der Waals surface area contributed by atoms with E-state index >= 15 is 0 Å². The van der Waals surface area contributed by atoms with Crippen molar-refractivity contribution < 1.29 is 0 Å². The Balaban J connectivity index is 1.72. The SMILES string of the molecule is Cc1ccc(-n2nnnc2SCCc2ccccc2)c(C)c1. The van der Waals surface area contributed by atoms with Gasteiger partial charge in [0.25, 0.3) is 0 Å². The molecule has 112 valence electrons. The van der Waals surface area contributed by atoms with Crippen LogP contribution < -0.4 is 0 Å². The molecular weight excluding hydrogens is 292 g/mol. The Hall–Kier alpha value is -2.14. The van der Waals surface area contributed by atoms with E-state index in [1.807, 2.05) is 10.7 Å². The summed E-state index contributed by atoms with van der Waals surface area (Å²) in [5, 5.41) is 13.0. The van der Waals surface area contributed by atoms with Crippen LogP contribution in [-0.2, 0) is 6.42 Å². The van der Waals surface area contributed by atoms with Gasteiger partial charge < -0.3 is 0 Å². The smallest absolute Gasteiger partial charge is 0.187 e. The Morgan fingerprint density at radius 2 is 1.86 bits per heavy atom. The first-order valence-corrected chi connectivity index (χ1v) is 8.25. The second-order valence-electron chi connectivity index (χ2n) is 5.25. The second-order valence-corrected chi connectivity index (χ2v) is 6.31. The monoisotopic (exact) mass is 310 g/mol. The predicted octanol–water partition coefficient (Wildman–Crippen LogP) is 3.61. The van der Waals surface area contributed by atoms with E-state index in [1.165, 1.54) is 16.7 Å². The largest absolute Gasteiger partial charge is 0.214 e. The maximum atomic E-state index is 4.15. The summed E-state index contributed by atoms with van der Waals surface area (Å²) < 4.78 is 1.82. The van der Waals surface area contributed by atoms with E-state index in [0.29, 0.717) is 0 Å². The van der Waals surface area contributed by atoms with E-state index in [1.54, 1.807) is 11.8 Å². The number of hydrogen-bond donors (Lipinski definition) is 0. The Morgan fingerprint density at radius 1 is 1.05 bits per heavy atom. The molecule has 0 fully saturated rings. The van der Waals surface area contributed by atoms with Crippen molar-refractivity contribution in [2.45, 2.75) is 25.4 Å². The Labute approximate surface area is 134 Å². The normalized spacial score (nSPS) is 10.8. The maximum Gasteiger partial charge on any atom is 0.214 e. The zero-order valence-electron chi connectivity index (χ0n) is 12.7.